The van der Waals surface area contributed by atoms with Crippen LogP contribution in [0.3, 0.4) is 0 Å². The highest BCUT2D eigenvalue weighted by Gasteiger charge is 2.37. The van der Waals surface area contributed by atoms with E-state index < -0.39 is 0 Å². The molecule has 0 amide bonds. The Balaban J connectivity index is 1.60. The monoisotopic (exact) mass is 215 g/mol. The highest BCUT2D eigenvalue weighted by Crippen LogP contribution is 2.44. The predicted molar refractivity (Wildman–Crippen MR) is 67.6 cm³/mol. The molecule has 0 radical (unpaired) electrons. The highest BCUT2D eigenvalue weighted by atomic mass is 14.9. The summed E-state index contributed by atoms with van der Waals surface area (Å²) in [6.45, 7) is 3.62. The second-order valence-electron chi connectivity index (χ2n) is 5.90. The number of aryl methyl sites for hydroxylation is 1. The molecule has 0 saturated heterocycles. The summed E-state index contributed by atoms with van der Waals surface area (Å²) in [7, 11) is 0. The Morgan fingerprint density at radius 3 is 2.75 bits per heavy atom. The molecular weight excluding hydrogens is 194 g/mol. The van der Waals surface area contributed by atoms with Crippen molar-refractivity contribution >= 4 is 0 Å². The number of hydrogen-bond donors (Lipinski definition) is 1. The van der Waals surface area contributed by atoms with E-state index in [2.05, 4.69) is 36.5 Å². The fraction of sp³-hybridized carbons (Fsp3) is 0.600. The first kappa shape index (κ1) is 10.3. The predicted octanol–water partition coefficient (Wildman–Crippen LogP) is 2.93. The van der Waals surface area contributed by atoms with Gasteiger partial charge in [-0.25, -0.2) is 0 Å². The Morgan fingerprint density at radius 1 is 1.25 bits per heavy atom. The summed E-state index contributed by atoms with van der Waals surface area (Å²) in [5.74, 6) is 0. The van der Waals surface area contributed by atoms with Gasteiger partial charge >= 0.3 is 0 Å². The van der Waals surface area contributed by atoms with E-state index in [-0.39, 0.29) is 0 Å². The van der Waals surface area contributed by atoms with Crippen LogP contribution in [0.25, 0.3) is 0 Å². The van der Waals surface area contributed by atoms with E-state index in [1.165, 1.54) is 38.6 Å². The van der Waals surface area contributed by atoms with Crippen LogP contribution in [0.4, 0.5) is 0 Å². The maximum atomic E-state index is 3.76. The third-order valence-electron chi connectivity index (χ3n) is 4.27. The van der Waals surface area contributed by atoms with Crippen molar-refractivity contribution in [2.75, 3.05) is 6.54 Å². The van der Waals surface area contributed by atoms with Crippen LogP contribution < -0.4 is 5.32 Å². The fourth-order valence-corrected chi connectivity index (χ4v) is 2.65. The van der Waals surface area contributed by atoms with Crippen LogP contribution in [0.15, 0.2) is 24.3 Å². The van der Waals surface area contributed by atoms with Crippen molar-refractivity contribution in [2.45, 2.75) is 45.1 Å². The van der Waals surface area contributed by atoms with E-state index in [1.807, 2.05) is 0 Å². The highest BCUT2D eigenvalue weighted by molar-refractivity contribution is 5.30. The topological polar surface area (TPSA) is 12.0 Å². The lowest BCUT2D eigenvalue weighted by Crippen LogP contribution is -2.37. The molecule has 1 unspecified atom stereocenters. The van der Waals surface area contributed by atoms with Gasteiger partial charge in [0.2, 0.25) is 0 Å². The van der Waals surface area contributed by atoms with Gasteiger partial charge in [-0.15, -0.1) is 0 Å². The normalized spacial score (nSPS) is 26.2. The van der Waals surface area contributed by atoms with E-state index in [0.717, 1.165) is 0 Å². The van der Waals surface area contributed by atoms with Crippen LogP contribution >= 0.6 is 0 Å². The quantitative estimate of drug-likeness (QED) is 0.817. The molecule has 86 valence electrons. The molecule has 0 aromatic heterocycles. The molecule has 3 rings (SSSR count). The Kier molecular flexibility index (Phi) is 2.51. The maximum Gasteiger partial charge on any atom is 0.0111 e. The van der Waals surface area contributed by atoms with Crippen molar-refractivity contribution in [3.63, 3.8) is 0 Å². The van der Waals surface area contributed by atoms with Gasteiger partial charge < -0.3 is 5.32 Å². The van der Waals surface area contributed by atoms with Crippen LogP contribution in [0, 0.1) is 5.41 Å². The molecule has 1 heteroatoms. The summed E-state index contributed by atoms with van der Waals surface area (Å²) in [5.41, 5.74) is 3.77. The molecule has 0 aliphatic heterocycles. The molecule has 1 nitrogen and oxygen atoms in total. The average Bonchev–Trinajstić information content (AvgIpc) is 3.05. The fourth-order valence-electron chi connectivity index (χ4n) is 2.65. The van der Waals surface area contributed by atoms with E-state index in [4.69, 9.17) is 0 Å². The number of hydrogen-bond acceptors (Lipinski definition) is 1. The Hall–Kier alpha value is -0.820. The molecule has 2 aliphatic carbocycles. The largest absolute Gasteiger partial charge is 0.313 e. The van der Waals surface area contributed by atoms with Crippen molar-refractivity contribution in [1.82, 2.24) is 5.32 Å². The van der Waals surface area contributed by atoms with Crippen molar-refractivity contribution < 1.29 is 0 Å². The molecule has 1 N–H and O–H groups in total. The lowest BCUT2D eigenvalue weighted by Gasteiger charge is -2.26. The number of benzene rings is 1. The van der Waals surface area contributed by atoms with E-state index in [0.29, 0.717) is 11.5 Å². The van der Waals surface area contributed by atoms with Crippen LogP contribution in [0.5, 0.6) is 0 Å². The molecule has 0 spiro atoms. The zero-order valence-corrected chi connectivity index (χ0v) is 10.1. The van der Waals surface area contributed by atoms with Crippen molar-refractivity contribution in [3.05, 3.63) is 35.4 Å². The molecule has 0 heterocycles. The molecule has 2 aliphatic rings. The molecule has 0 bridgehead atoms. The number of fused-ring (bicyclic) bond motifs is 1. The van der Waals surface area contributed by atoms with Gasteiger partial charge in [-0.1, -0.05) is 31.2 Å². The first-order valence-electron chi connectivity index (χ1n) is 6.55. The average molecular weight is 215 g/mol. The first-order chi connectivity index (χ1) is 7.75. The Morgan fingerprint density at radius 2 is 2.00 bits per heavy atom. The van der Waals surface area contributed by atoms with Gasteiger partial charge in [0.15, 0.2) is 0 Å². The van der Waals surface area contributed by atoms with Crippen molar-refractivity contribution in [2.24, 2.45) is 5.41 Å². The zero-order chi connectivity index (χ0) is 11.0. The van der Waals surface area contributed by atoms with Crippen LogP contribution in [-0.2, 0) is 12.8 Å². The third-order valence-corrected chi connectivity index (χ3v) is 4.27. The minimum atomic E-state index is 0.636. The minimum absolute atomic E-state index is 0.636. The van der Waals surface area contributed by atoms with Gasteiger partial charge in [0.25, 0.3) is 0 Å². The van der Waals surface area contributed by atoms with E-state index in [9.17, 15) is 0 Å². The maximum absolute atomic E-state index is 3.76. The lowest BCUT2D eigenvalue weighted by atomic mass is 9.88. The minimum Gasteiger partial charge on any atom is -0.313 e. The summed E-state index contributed by atoms with van der Waals surface area (Å²) in [4.78, 5) is 0. The molecular formula is C15H21N. The third kappa shape index (κ3) is 2.15. The molecule has 1 atom stereocenters. The first-order valence-corrected chi connectivity index (χ1v) is 6.55. The number of nitrogens with one attached hydrogen (secondary N) is 1. The van der Waals surface area contributed by atoms with Gasteiger partial charge in [0.05, 0.1) is 0 Å². The number of rotatable bonds is 3. The van der Waals surface area contributed by atoms with Crippen molar-refractivity contribution in [3.8, 4) is 0 Å². The second kappa shape index (κ2) is 3.89. The Labute approximate surface area is 98.3 Å². The summed E-state index contributed by atoms with van der Waals surface area (Å²) < 4.78 is 0. The molecule has 1 aromatic rings. The van der Waals surface area contributed by atoms with Gasteiger partial charge in [-0.05, 0) is 48.6 Å². The van der Waals surface area contributed by atoms with Gasteiger partial charge in [-0.3, -0.25) is 0 Å². The smallest absolute Gasteiger partial charge is 0.0111 e. The summed E-state index contributed by atoms with van der Waals surface area (Å²) >= 11 is 0. The molecule has 1 saturated carbocycles. The summed E-state index contributed by atoms with van der Waals surface area (Å²) in [6, 6.07) is 9.63. The molecule has 1 aromatic carbocycles. The zero-order valence-electron chi connectivity index (χ0n) is 10.1. The van der Waals surface area contributed by atoms with Gasteiger partial charge in [-0.2, -0.15) is 0 Å². The van der Waals surface area contributed by atoms with Crippen LogP contribution in [0.2, 0.25) is 0 Å². The molecule has 1 fully saturated rings. The molecule has 16 heavy (non-hydrogen) atoms. The van der Waals surface area contributed by atoms with Gasteiger partial charge in [0, 0.05) is 12.6 Å². The van der Waals surface area contributed by atoms with Crippen LogP contribution in [0.1, 0.15) is 37.3 Å². The van der Waals surface area contributed by atoms with Crippen LogP contribution in [-0.4, -0.2) is 12.6 Å². The summed E-state index contributed by atoms with van der Waals surface area (Å²) in [6.07, 6.45) is 6.64. The Bertz CT molecular complexity index is 379. The standard InChI is InChI=1S/C15H21N/c1-15(8-9-15)11-16-14-7-6-12-4-2-3-5-13(12)10-14/h2-5,14,16H,6-11H2,1H3. The SMILES string of the molecule is CC1(CNC2CCc3ccccc3C2)CC1. The second-order valence-corrected chi connectivity index (χ2v) is 5.90. The van der Waals surface area contributed by atoms with Crippen molar-refractivity contribution in [1.29, 1.82) is 0 Å². The van der Waals surface area contributed by atoms with E-state index in [1.54, 1.807) is 11.1 Å². The summed E-state index contributed by atoms with van der Waals surface area (Å²) in [5, 5.41) is 3.76. The van der Waals surface area contributed by atoms with Gasteiger partial charge in [0.1, 0.15) is 0 Å². The van der Waals surface area contributed by atoms with E-state index >= 15 is 0 Å². The lowest BCUT2D eigenvalue weighted by molar-refractivity contribution is 0.403.